The number of nitrogens with zero attached hydrogens (tertiary/aromatic N) is 1. The highest BCUT2D eigenvalue weighted by atomic mass is 32.2. The molecule has 0 fully saturated rings. The van der Waals surface area contributed by atoms with Crippen LogP contribution in [0, 0.1) is 13.8 Å². The SMILES string of the molecule is CSNC[C@@H](C(=O)Nc1ccc2cnccc2c1)c1ccc(COC(=O)c2ccc(C)cc2C)cc1. The van der Waals surface area contributed by atoms with E-state index in [1.165, 1.54) is 11.9 Å². The summed E-state index contributed by atoms with van der Waals surface area (Å²) in [6, 6.07) is 21.0. The molecule has 4 rings (SSSR count). The fraction of sp³-hybridized carbons (Fsp3) is 0.207. The molecule has 36 heavy (non-hydrogen) atoms. The Morgan fingerprint density at radius 1 is 0.972 bits per heavy atom. The van der Waals surface area contributed by atoms with Gasteiger partial charge in [0.1, 0.15) is 6.61 Å². The van der Waals surface area contributed by atoms with Crippen molar-refractivity contribution in [1.29, 1.82) is 0 Å². The third-order valence-electron chi connectivity index (χ3n) is 6.01. The Bertz CT molecular complexity index is 1370. The smallest absolute Gasteiger partial charge is 0.338 e. The zero-order valence-corrected chi connectivity index (χ0v) is 21.4. The second-order valence-corrected chi connectivity index (χ2v) is 9.37. The van der Waals surface area contributed by atoms with E-state index in [-0.39, 0.29) is 18.5 Å². The summed E-state index contributed by atoms with van der Waals surface area (Å²) in [5, 5.41) is 5.08. The number of aryl methyl sites for hydroxylation is 2. The van der Waals surface area contributed by atoms with Gasteiger partial charge in [0.25, 0.3) is 0 Å². The van der Waals surface area contributed by atoms with E-state index in [1.807, 2.05) is 80.8 Å². The van der Waals surface area contributed by atoms with E-state index in [0.29, 0.717) is 12.1 Å². The number of benzene rings is 3. The molecule has 3 aromatic carbocycles. The van der Waals surface area contributed by atoms with Crippen molar-refractivity contribution >= 4 is 40.3 Å². The van der Waals surface area contributed by atoms with Gasteiger partial charge in [-0.05, 0) is 66.4 Å². The predicted octanol–water partition coefficient (Wildman–Crippen LogP) is 5.80. The fourth-order valence-corrected chi connectivity index (χ4v) is 4.37. The lowest BCUT2D eigenvalue weighted by atomic mass is 9.97. The average Bonchev–Trinajstić information content (AvgIpc) is 2.88. The van der Waals surface area contributed by atoms with Gasteiger partial charge >= 0.3 is 5.97 Å². The van der Waals surface area contributed by atoms with Gasteiger partial charge in [0.05, 0.1) is 11.5 Å². The third kappa shape index (κ3) is 6.30. The van der Waals surface area contributed by atoms with Crippen LogP contribution in [-0.4, -0.2) is 29.7 Å². The number of carbonyl (C=O) groups excluding carboxylic acids is 2. The molecule has 0 radical (unpaired) electrons. The van der Waals surface area contributed by atoms with Crippen molar-refractivity contribution in [2.75, 3.05) is 18.1 Å². The van der Waals surface area contributed by atoms with Crippen LogP contribution < -0.4 is 10.0 Å². The van der Waals surface area contributed by atoms with Gasteiger partial charge in [-0.2, -0.15) is 0 Å². The van der Waals surface area contributed by atoms with Gasteiger partial charge in [-0.15, -0.1) is 0 Å². The number of ether oxygens (including phenoxy) is 1. The van der Waals surface area contributed by atoms with Crippen molar-refractivity contribution in [2.45, 2.75) is 26.4 Å². The van der Waals surface area contributed by atoms with E-state index < -0.39 is 5.92 Å². The van der Waals surface area contributed by atoms with Crippen LogP contribution in [-0.2, 0) is 16.1 Å². The summed E-state index contributed by atoms with van der Waals surface area (Å²) in [5.41, 5.74) is 5.05. The fourth-order valence-electron chi connectivity index (χ4n) is 4.03. The molecule has 0 aliphatic heterocycles. The Kier molecular flexibility index (Phi) is 8.36. The molecule has 6 nitrogen and oxygen atoms in total. The largest absolute Gasteiger partial charge is 0.457 e. The molecule has 1 amide bonds. The van der Waals surface area contributed by atoms with E-state index in [2.05, 4.69) is 15.0 Å². The molecule has 184 valence electrons. The topological polar surface area (TPSA) is 80.3 Å². The summed E-state index contributed by atoms with van der Waals surface area (Å²) in [4.78, 5) is 29.9. The first-order valence-electron chi connectivity index (χ1n) is 11.7. The van der Waals surface area contributed by atoms with Crippen LogP contribution in [0.4, 0.5) is 5.69 Å². The zero-order valence-electron chi connectivity index (χ0n) is 20.6. The van der Waals surface area contributed by atoms with Gasteiger partial charge < -0.3 is 10.1 Å². The Hall–Kier alpha value is -3.68. The highest BCUT2D eigenvalue weighted by molar-refractivity contribution is 7.96. The molecule has 0 saturated heterocycles. The first-order valence-corrected chi connectivity index (χ1v) is 12.9. The minimum atomic E-state index is -0.391. The van der Waals surface area contributed by atoms with Gasteiger partial charge in [-0.25, -0.2) is 4.79 Å². The molecule has 0 unspecified atom stereocenters. The summed E-state index contributed by atoms with van der Waals surface area (Å²) in [7, 11) is 0. The first kappa shape index (κ1) is 25.4. The second kappa shape index (κ2) is 11.8. The monoisotopic (exact) mass is 499 g/mol. The van der Waals surface area contributed by atoms with Crippen molar-refractivity contribution in [3.05, 3.63) is 107 Å². The molecule has 0 saturated carbocycles. The predicted molar refractivity (Wildman–Crippen MR) is 146 cm³/mol. The highest BCUT2D eigenvalue weighted by Crippen LogP contribution is 2.23. The maximum atomic E-state index is 13.2. The molecule has 0 bridgehead atoms. The average molecular weight is 500 g/mol. The van der Waals surface area contributed by atoms with Crippen molar-refractivity contribution in [3.63, 3.8) is 0 Å². The molecule has 1 heterocycles. The molecule has 2 N–H and O–H groups in total. The minimum absolute atomic E-state index is 0.0982. The third-order valence-corrected chi connectivity index (χ3v) is 6.47. The van der Waals surface area contributed by atoms with Gasteiger partial charge in [0.2, 0.25) is 5.91 Å². The number of aromatic nitrogens is 1. The van der Waals surface area contributed by atoms with Crippen LogP contribution in [0.5, 0.6) is 0 Å². The number of anilines is 1. The number of carbonyl (C=O) groups is 2. The van der Waals surface area contributed by atoms with Crippen LogP contribution >= 0.6 is 11.9 Å². The Morgan fingerprint density at radius 3 is 2.53 bits per heavy atom. The maximum Gasteiger partial charge on any atom is 0.338 e. The number of hydrogen-bond acceptors (Lipinski definition) is 6. The number of nitrogens with one attached hydrogen (secondary N) is 2. The van der Waals surface area contributed by atoms with Gasteiger partial charge in [0.15, 0.2) is 0 Å². The van der Waals surface area contributed by atoms with Gasteiger partial charge in [0, 0.05) is 30.0 Å². The normalized spacial score (nSPS) is 11.8. The first-order chi connectivity index (χ1) is 17.4. The highest BCUT2D eigenvalue weighted by Gasteiger charge is 2.21. The van der Waals surface area contributed by atoms with E-state index in [4.69, 9.17) is 4.74 Å². The molecule has 1 aromatic heterocycles. The molecule has 7 heteroatoms. The Labute approximate surface area is 215 Å². The standard InChI is InChI=1S/C29H29N3O3S/c1-19-4-11-26(20(2)14-19)29(34)35-18-21-5-7-22(8-6-21)27(17-31-36-3)28(33)32-25-10-9-24-16-30-13-12-23(24)15-25/h4-16,27,31H,17-18H2,1-3H3,(H,32,33)/t27-/m1/s1. The number of rotatable bonds is 9. The summed E-state index contributed by atoms with van der Waals surface area (Å²) in [6.45, 7) is 4.54. The van der Waals surface area contributed by atoms with Crippen molar-refractivity contribution in [1.82, 2.24) is 9.71 Å². The number of pyridine rings is 1. The Morgan fingerprint density at radius 2 is 1.78 bits per heavy atom. The lowest BCUT2D eigenvalue weighted by Crippen LogP contribution is -2.28. The van der Waals surface area contributed by atoms with E-state index in [0.717, 1.165) is 38.7 Å². The lowest BCUT2D eigenvalue weighted by Gasteiger charge is -2.18. The Balaban J connectivity index is 1.43. The number of fused-ring (bicyclic) bond motifs is 1. The minimum Gasteiger partial charge on any atom is -0.457 e. The van der Waals surface area contributed by atoms with E-state index in [9.17, 15) is 9.59 Å². The second-order valence-electron chi connectivity index (χ2n) is 8.67. The maximum absolute atomic E-state index is 13.2. The molecule has 4 aromatic rings. The quantitative estimate of drug-likeness (QED) is 0.224. The molecular formula is C29H29N3O3S. The van der Waals surface area contributed by atoms with Crippen LogP contribution in [0.3, 0.4) is 0 Å². The van der Waals surface area contributed by atoms with Crippen LogP contribution in [0.15, 0.2) is 79.1 Å². The van der Waals surface area contributed by atoms with E-state index in [1.54, 1.807) is 18.5 Å². The van der Waals surface area contributed by atoms with Crippen LogP contribution in [0.1, 0.15) is 38.5 Å². The zero-order chi connectivity index (χ0) is 25.5. The van der Waals surface area contributed by atoms with E-state index >= 15 is 0 Å². The molecule has 0 aliphatic rings. The molecule has 0 aliphatic carbocycles. The van der Waals surface area contributed by atoms with Gasteiger partial charge in [-0.3, -0.25) is 14.5 Å². The lowest BCUT2D eigenvalue weighted by molar-refractivity contribution is -0.117. The summed E-state index contributed by atoms with van der Waals surface area (Å²) >= 11 is 1.47. The molecule has 1 atom stereocenters. The van der Waals surface area contributed by atoms with Crippen molar-refractivity contribution < 1.29 is 14.3 Å². The summed E-state index contributed by atoms with van der Waals surface area (Å²) in [5.74, 6) is -0.833. The number of hydrogen-bond donors (Lipinski definition) is 2. The van der Waals surface area contributed by atoms with Crippen LogP contribution in [0.25, 0.3) is 10.8 Å². The molecule has 0 spiro atoms. The van der Waals surface area contributed by atoms with Crippen molar-refractivity contribution in [3.8, 4) is 0 Å². The number of amides is 1. The summed E-state index contributed by atoms with van der Waals surface area (Å²) in [6.07, 6.45) is 5.46. The summed E-state index contributed by atoms with van der Waals surface area (Å²) < 4.78 is 8.73. The van der Waals surface area contributed by atoms with Crippen molar-refractivity contribution in [2.24, 2.45) is 0 Å². The molecular weight excluding hydrogens is 470 g/mol. The van der Waals surface area contributed by atoms with Crippen LogP contribution in [0.2, 0.25) is 0 Å². The number of esters is 1. The van der Waals surface area contributed by atoms with Gasteiger partial charge in [-0.1, -0.05) is 60.0 Å².